The van der Waals surface area contributed by atoms with Crippen molar-refractivity contribution < 1.29 is 28.6 Å². The van der Waals surface area contributed by atoms with Crippen LogP contribution < -0.4 is 0 Å². The molecule has 0 bridgehead atoms. The van der Waals surface area contributed by atoms with E-state index in [4.69, 9.17) is 14.2 Å². The maximum absolute atomic E-state index is 12.9. The lowest BCUT2D eigenvalue weighted by Gasteiger charge is -2.18. The van der Waals surface area contributed by atoms with Crippen LogP contribution in [0.3, 0.4) is 0 Å². The summed E-state index contributed by atoms with van der Waals surface area (Å²) in [6, 6.07) is 0. The predicted molar refractivity (Wildman–Crippen MR) is 293 cm³/mol. The van der Waals surface area contributed by atoms with Gasteiger partial charge in [0.25, 0.3) is 0 Å². The lowest BCUT2D eigenvalue weighted by Crippen LogP contribution is -2.30. The van der Waals surface area contributed by atoms with Crippen LogP contribution in [-0.4, -0.2) is 37.2 Å². The van der Waals surface area contributed by atoms with Crippen molar-refractivity contribution in [3.05, 3.63) is 48.6 Å². The van der Waals surface area contributed by atoms with E-state index in [-0.39, 0.29) is 31.1 Å². The lowest BCUT2D eigenvalue weighted by atomic mass is 10.0. The SMILES string of the molecule is CCCCCCC/C=C\C/C=C\C/C=C\CCCCCCCCC(=O)OCC(COC(=O)CCCCCCCCCCCCCCC)OC(=O)CCCCCCC/C=C\CCCCCCCCC. The van der Waals surface area contributed by atoms with Gasteiger partial charge in [-0.1, -0.05) is 256 Å². The number of hydrogen-bond acceptors (Lipinski definition) is 6. The van der Waals surface area contributed by atoms with E-state index < -0.39 is 6.10 Å². The van der Waals surface area contributed by atoms with E-state index in [0.29, 0.717) is 19.3 Å². The fourth-order valence-corrected chi connectivity index (χ4v) is 8.56. The van der Waals surface area contributed by atoms with Gasteiger partial charge in [0.05, 0.1) is 0 Å². The Bertz CT molecular complexity index is 1190. The zero-order chi connectivity index (χ0) is 49.3. The second kappa shape index (κ2) is 57.0. The molecule has 0 saturated carbocycles. The van der Waals surface area contributed by atoms with Crippen LogP contribution in [0.25, 0.3) is 0 Å². The first kappa shape index (κ1) is 65.4. The molecule has 0 aliphatic carbocycles. The number of carbonyl (C=O) groups is 3. The Morgan fingerprint density at radius 3 is 0.838 bits per heavy atom. The molecule has 0 radical (unpaired) electrons. The average molecular weight is 954 g/mol. The Kier molecular flexibility index (Phi) is 54.8. The van der Waals surface area contributed by atoms with Gasteiger partial charge in [0, 0.05) is 19.3 Å². The molecule has 68 heavy (non-hydrogen) atoms. The summed E-state index contributed by atoms with van der Waals surface area (Å²) in [6.45, 7) is 6.64. The minimum atomic E-state index is -0.781. The molecule has 1 unspecified atom stereocenters. The van der Waals surface area contributed by atoms with Crippen LogP contribution in [0.4, 0.5) is 0 Å². The summed E-state index contributed by atoms with van der Waals surface area (Å²) in [5, 5.41) is 0. The third-order valence-corrected chi connectivity index (χ3v) is 13.1. The van der Waals surface area contributed by atoms with E-state index in [2.05, 4.69) is 69.4 Å². The van der Waals surface area contributed by atoms with Crippen LogP contribution >= 0.6 is 0 Å². The Labute approximate surface area is 422 Å². The van der Waals surface area contributed by atoms with Crippen molar-refractivity contribution in [2.24, 2.45) is 0 Å². The van der Waals surface area contributed by atoms with Gasteiger partial charge in [-0.05, 0) is 83.5 Å². The van der Waals surface area contributed by atoms with Gasteiger partial charge in [-0.25, -0.2) is 0 Å². The van der Waals surface area contributed by atoms with Crippen molar-refractivity contribution in [3.8, 4) is 0 Å². The van der Waals surface area contributed by atoms with Gasteiger partial charge in [0.2, 0.25) is 0 Å². The Hall–Kier alpha value is -2.63. The molecule has 1 atom stereocenters. The molecule has 0 aliphatic heterocycles. The number of esters is 3. The van der Waals surface area contributed by atoms with Gasteiger partial charge < -0.3 is 14.2 Å². The van der Waals surface area contributed by atoms with E-state index in [1.165, 1.54) is 186 Å². The molecule has 0 aromatic rings. The number of allylic oxidation sites excluding steroid dienone is 8. The summed E-state index contributed by atoms with van der Waals surface area (Å²) in [5.41, 5.74) is 0. The minimum Gasteiger partial charge on any atom is -0.462 e. The van der Waals surface area contributed by atoms with E-state index in [9.17, 15) is 14.4 Å². The van der Waals surface area contributed by atoms with Gasteiger partial charge in [-0.3, -0.25) is 14.4 Å². The summed E-state index contributed by atoms with van der Waals surface area (Å²) < 4.78 is 16.9. The van der Waals surface area contributed by atoms with Crippen molar-refractivity contribution in [3.63, 3.8) is 0 Å². The first-order valence-electron chi connectivity index (χ1n) is 29.6. The maximum atomic E-state index is 12.9. The number of hydrogen-bond donors (Lipinski definition) is 0. The highest BCUT2D eigenvalue weighted by Crippen LogP contribution is 2.16. The molecule has 0 N–H and O–H groups in total. The highest BCUT2D eigenvalue weighted by molar-refractivity contribution is 5.71. The maximum Gasteiger partial charge on any atom is 0.306 e. The van der Waals surface area contributed by atoms with Gasteiger partial charge in [-0.2, -0.15) is 0 Å². The molecule has 0 spiro atoms. The summed E-state index contributed by atoms with van der Waals surface area (Å²) in [4.78, 5) is 38.2. The standard InChI is InChI=1S/C62H112O6/c1-4-7-10-13-16-19-22-25-27-29-30-31-32-33-35-37-40-43-46-49-52-55-61(64)67-58-59(57-66-60(63)54-51-48-45-42-39-36-24-21-18-15-12-9-6-3)68-62(65)56-53-50-47-44-41-38-34-28-26-23-20-17-14-11-8-5-2/h22,25,28-30,32-34,59H,4-21,23-24,26-27,31,35-58H2,1-3H3/b25-22-,30-29-,33-32-,34-28-. The van der Waals surface area contributed by atoms with Gasteiger partial charge in [0.15, 0.2) is 6.10 Å². The monoisotopic (exact) mass is 953 g/mol. The largest absolute Gasteiger partial charge is 0.462 e. The second-order valence-electron chi connectivity index (χ2n) is 19.9. The quantitative estimate of drug-likeness (QED) is 0.0262. The van der Waals surface area contributed by atoms with Crippen LogP contribution in [-0.2, 0) is 28.6 Å². The molecular weight excluding hydrogens is 841 g/mol. The van der Waals surface area contributed by atoms with Gasteiger partial charge in [-0.15, -0.1) is 0 Å². The molecule has 0 amide bonds. The predicted octanol–water partition coefficient (Wildman–Crippen LogP) is 19.8. The Balaban J connectivity index is 4.36. The number of carbonyl (C=O) groups excluding carboxylic acids is 3. The van der Waals surface area contributed by atoms with Gasteiger partial charge >= 0.3 is 17.9 Å². The third kappa shape index (κ3) is 54.3. The Morgan fingerprint density at radius 2 is 0.529 bits per heavy atom. The smallest absolute Gasteiger partial charge is 0.306 e. The lowest BCUT2D eigenvalue weighted by molar-refractivity contribution is -0.167. The normalized spacial score (nSPS) is 12.3. The third-order valence-electron chi connectivity index (χ3n) is 13.1. The molecule has 6 nitrogen and oxygen atoms in total. The van der Waals surface area contributed by atoms with Crippen LogP contribution in [0.2, 0.25) is 0 Å². The molecule has 396 valence electrons. The zero-order valence-electron chi connectivity index (χ0n) is 45.4. The van der Waals surface area contributed by atoms with Crippen LogP contribution in [0.5, 0.6) is 0 Å². The fraction of sp³-hybridized carbons (Fsp3) is 0.823. The van der Waals surface area contributed by atoms with E-state index in [1.54, 1.807) is 0 Å². The molecule has 0 aromatic carbocycles. The molecule has 0 saturated heterocycles. The molecular formula is C62H112O6. The highest BCUT2D eigenvalue weighted by atomic mass is 16.6. The highest BCUT2D eigenvalue weighted by Gasteiger charge is 2.19. The van der Waals surface area contributed by atoms with Crippen LogP contribution in [0, 0.1) is 0 Å². The molecule has 0 aliphatic rings. The van der Waals surface area contributed by atoms with Crippen molar-refractivity contribution in [1.82, 2.24) is 0 Å². The van der Waals surface area contributed by atoms with E-state index in [1.807, 2.05) is 0 Å². The second-order valence-corrected chi connectivity index (χ2v) is 19.9. The molecule has 0 heterocycles. The van der Waals surface area contributed by atoms with Gasteiger partial charge in [0.1, 0.15) is 13.2 Å². The molecule has 0 aromatic heterocycles. The van der Waals surface area contributed by atoms with E-state index in [0.717, 1.165) is 83.5 Å². The topological polar surface area (TPSA) is 78.9 Å². The molecule has 6 heteroatoms. The average Bonchev–Trinajstić information content (AvgIpc) is 3.34. The number of ether oxygens (including phenoxy) is 3. The minimum absolute atomic E-state index is 0.0778. The summed E-state index contributed by atoms with van der Waals surface area (Å²) in [6.07, 6.45) is 69.5. The Morgan fingerprint density at radius 1 is 0.294 bits per heavy atom. The molecule has 0 fully saturated rings. The fourth-order valence-electron chi connectivity index (χ4n) is 8.56. The van der Waals surface area contributed by atoms with Crippen LogP contribution in [0.1, 0.15) is 310 Å². The van der Waals surface area contributed by atoms with Crippen LogP contribution in [0.15, 0.2) is 48.6 Å². The van der Waals surface area contributed by atoms with Crippen molar-refractivity contribution in [2.75, 3.05) is 13.2 Å². The van der Waals surface area contributed by atoms with E-state index >= 15 is 0 Å². The number of rotatable bonds is 54. The first-order chi connectivity index (χ1) is 33.5. The summed E-state index contributed by atoms with van der Waals surface area (Å²) >= 11 is 0. The number of unbranched alkanes of at least 4 members (excludes halogenated alkanes) is 35. The van der Waals surface area contributed by atoms with Crippen molar-refractivity contribution in [1.29, 1.82) is 0 Å². The zero-order valence-corrected chi connectivity index (χ0v) is 45.4. The van der Waals surface area contributed by atoms with Crippen molar-refractivity contribution >= 4 is 17.9 Å². The summed E-state index contributed by atoms with van der Waals surface area (Å²) in [5.74, 6) is -0.884. The molecule has 0 rings (SSSR count). The van der Waals surface area contributed by atoms with Crippen molar-refractivity contribution in [2.45, 2.75) is 316 Å². The first-order valence-corrected chi connectivity index (χ1v) is 29.6. The summed E-state index contributed by atoms with van der Waals surface area (Å²) in [7, 11) is 0.